The fourth-order valence-corrected chi connectivity index (χ4v) is 5.37. The van der Waals surface area contributed by atoms with Crippen LogP contribution in [0.4, 0.5) is 16.2 Å². The number of hydrogen-bond donors (Lipinski definition) is 4. The fraction of sp³-hybridized carbons (Fsp3) is 0.258. The van der Waals surface area contributed by atoms with Crippen molar-refractivity contribution >= 4 is 40.0 Å². The normalized spacial score (nSPS) is 18.5. The molecular weight excluding hydrogens is 506 g/mol. The predicted octanol–water partition coefficient (Wildman–Crippen LogP) is 5.02. The maximum atomic E-state index is 13.8. The van der Waals surface area contributed by atoms with Crippen molar-refractivity contribution in [2.45, 2.75) is 31.8 Å². The average Bonchev–Trinajstić information content (AvgIpc) is 3.51. The van der Waals surface area contributed by atoms with E-state index in [9.17, 15) is 14.4 Å². The van der Waals surface area contributed by atoms with Crippen molar-refractivity contribution in [1.82, 2.24) is 15.2 Å². The molecule has 0 radical (unpaired) electrons. The lowest BCUT2D eigenvalue weighted by Gasteiger charge is -2.20. The Hall–Kier alpha value is -4.79. The molecule has 3 heterocycles. The molecule has 2 aliphatic heterocycles. The molecule has 2 atom stereocenters. The Morgan fingerprint density at radius 2 is 1.82 bits per heavy atom. The molecule has 4 aromatic rings. The van der Waals surface area contributed by atoms with Crippen molar-refractivity contribution in [2.24, 2.45) is 0 Å². The highest BCUT2D eigenvalue weighted by Gasteiger charge is 2.28. The molecule has 0 aliphatic carbocycles. The zero-order chi connectivity index (χ0) is 27.6. The zero-order valence-corrected chi connectivity index (χ0v) is 22.2. The molecule has 3 aromatic carbocycles. The number of rotatable bonds is 8. The number of hydrogen-bond acceptors (Lipinski definition) is 6. The zero-order valence-electron chi connectivity index (χ0n) is 22.2. The van der Waals surface area contributed by atoms with Gasteiger partial charge in [0.25, 0.3) is 0 Å². The van der Waals surface area contributed by atoms with Crippen LogP contribution in [0, 0.1) is 0 Å². The van der Waals surface area contributed by atoms with E-state index in [1.807, 2.05) is 66.9 Å². The van der Waals surface area contributed by atoms with Crippen LogP contribution < -0.4 is 20.7 Å². The lowest BCUT2D eigenvalue weighted by atomic mass is 9.95. The first kappa shape index (κ1) is 25.5. The molecule has 40 heavy (non-hydrogen) atoms. The quantitative estimate of drug-likeness (QED) is 0.143. The lowest BCUT2D eigenvalue weighted by molar-refractivity contribution is -0.125. The molecular formula is C31H31N5O4. The number of ether oxygens (including phenoxy) is 1. The smallest absolute Gasteiger partial charge is 0.324 e. The summed E-state index contributed by atoms with van der Waals surface area (Å²) in [6.07, 6.45) is 3.00. The highest BCUT2D eigenvalue weighted by atomic mass is 16.5. The minimum Gasteiger partial charge on any atom is -0.493 e. The highest BCUT2D eigenvalue weighted by molar-refractivity contribution is 6.03. The number of para-hydroxylation sites is 2. The number of carbonyl (C=O) groups is 3. The van der Waals surface area contributed by atoms with E-state index in [-0.39, 0.29) is 43.5 Å². The molecule has 2 aliphatic rings. The van der Waals surface area contributed by atoms with Crippen LogP contribution in [0.1, 0.15) is 30.1 Å². The molecule has 1 saturated heterocycles. The largest absolute Gasteiger partial charge is 0.493 e. The van der Waals surface area contributed by atoms with E-state index >= 15 is 0 Å². The van der Waals surface area contributed by atoms with E-state index in [0.29, 0.717) is 24.2 Å². The molecule has 9 heteroatoms. The number of nitrogens with one attached hydrogen (secondary N) is 4. The number of ketones is 1. The van der Waals surface area contributed by atoms with Crippen molar-refractivity contribution in [1.29, 1.82) is 0 Å². The maximum Gasteiger partial charge on any atom is 0.324 e. The topological polar surface area (TPSA) is 116 Å². The van der Waals surface area contributed by atoms with Crippen molar-refractivity contribution < 1.29 is 19.1 Å². The second-order valence-corrected chi connectivity index (χ2v) is 10.3. The number of fused-ring (bicyclic) bond motifs is 2. The van der Waals surface area contributed by atoms with Crippen LogP contribution in [0.25, 0.3) is 22.0 Å². The Balaban J connectivity index is 1.26. The Morgan fingerprint density at radius 1 is 1.00 bits per heavy atom. The number of H-pyrrole nitrogens is 1. The van der Waals surface area contributed by atoms with E-state index in [0.717, 1.165) is 33.4 Å². The van der Waals surface area contributed by atoms with E-state index < -0.39 is 6.04 Å². The summed E-state index contributed by atoms with van der Waals surface area (Å²) in [7, 11) is 0. The number of imide groups is 1. The number of anilines is 2. The second-order valence-electron chi connectivity index (χ2n) is 10.3. The van der Waals surface area contributed by atoms with Crippen molar-refractivity contribution in [2.75, 3.05) is 30.3 Å². The number of aromatic nitrogens is 1. The van der Waals surface area contributed by atoms with Gasteiger partial charge in [0.2, 0.25) is 5.91 Å². The van der Waals surface area contributed by atoms with Gasteiger partial charge in [0.1, 0.15) is 5.75 Å². The van der Waals surface area contributed by atoms with Gasteiger partial charge in [-0.1, -0.05) is 24.3 Å². The molecule has 4 N–H and O–H groups in total. The van der Waals surface area contributed by atoms with Crippen LogP contribution in [0.15, 0.2) is 72.9 Å². The number of carbonyl (C=O) groups excluding carboxylic acids is 3. The molecule has 1 unspecified atom stereocenters. The first-order chi connectivity index (χ1) is 19.5. The first-order valence-corrected chi connectivity index (χ1v) is 13.5. The number of aromatic amines is 1. The fourth-order valence-electron chi connectivity index (χ4n) is 5.37. The number of Topliss-reactive ketones (excluding diaryl/α,β-unsaturated/α-hetero) is 1. The minimum absolute atomic E-state index is 0.0119. The molecule has 1 fully saturated rings. The standard InChI is InChI=1S/C31H31N5O4/c1-19-15-27(35-26-6-3-2-5-25(26)34-19)30(38)22-7-9-23(20-8-10-24-21(16-20)11-12-32-24)28(17-22)40-14-4-13-36-29(37)18-33-31(36)39/h2-3,5-12,16-17,19,27,32,34-35H,4,13-15,18H2,1H3,(H,33,39)/t19-,27?/m0/s1. The maximum absolute atomic E-state index is 13.8. The minimum atomic E-state index is -0.402. The first-order valence-electron chi connectivity index (χ1n) is 13.5. The van der Waals surface area contributed by atoms with Gasteiger partial charge in [-0.05, 0) is 73.2 Å². The van der Waals surface area contributed by atoms with Crippen LogP contribution >= 0.6 is 0 Å². The van der Waals surface area contributed by atoms with E-state index in [4.69, 9.17) is 4.74 Å². The summed E-state index contributed by atoms with van der Waals surface area (Å²) in [6, 6.07) is 21.0. The third-order valence-corrected chi connectivity index (χ3v) is 7.42. The molecule has 6 rings (SSSR count). The molecule has 1 aromatic heterocycles. The van der Waals surface area contributed by atoms with Crippen LogP contribution in [0.5, 0.6) is 5.75 Å². The Labute approximate surface area is 231 Å². The number of urea groups is 1. The number of benzene rings is 3. The van der Waals surface area contributed by atoms with E-state index in [2.05, 4.69) is 33.9 Å². The van der Waals surface area contributed by atoms with E-state index in [1.54, 1.807) is 0 Å². The van der Waals surface area contributed by atoms with Gasteiger partial charge in [-0.25, -0.2) is 4.79 Å². The van der Waals surface area contributed by atoms with Crippen LogP contribution in [0.3, 0.4) is 0 Å². The molecule has 9 nitrogen and oxygen atoms in total. The van der Waals surface area contributed by atoms with Crippen molar-refractivity contribution in [3.8, 4) is 16.9 Å². The summed E-state index contributed by atoms with van der Waals surface area (Å²) < 4.78 is 6.23. The Morgan fingerprint density at radius 3 is 2.62 bits per heavy atom. The summed E-state index contributed by atoms with van der Waals surface area (Å²) in [5.41, 5.74) is 5.31. The Kier molecular flexibility index (Phi) is 6.86. The van der Waals surface area contributed by atoms with Gasteiger partial charge in [-0.3, -0.25) is 14.5 Å². The van der Waals surface area contributed by atoms with Gasteiger partial charge in [0.05, 0.1) is 30.6 Å². The summed E-state index contributed by atoms with van der Waals surface area (Å²) in [5, 5.41) is 10.5. The van der Waals surface area contributed by atoms with Gasteiger partial charge in [-0.2, -0.15) is 0 Å². The van der Waals surface area contributed by atoms with Gasteiger partial charge in [-0.15, -0.1) is 0 Å². The third kappa shape index (κ3) is 5.10. The molecule has 0 saturated carbocycles. The number of nitrogens with zero attached hydrogens (tertiary/aromatic N) is 1. The Bertz CT molecular complexity index is 1580. The van der Waals surface area contributed by atoms with Gasteiger partial charge in [0.15, 0.2) is 5.78 Å². The van der Waals surface area contributed by atoms with Crippen molar-refractivity contribution in [3.63, 3.8) is 0 Å². The summed E-state index contributed by atoms with van der Waals surface area (Å²) in [4.78, 5) is 42.0. The summed E-state index contributed by atoms with van der Waals surface area (Å²) in [5.74, 6) is 0.333. The van der Waals surface area contributed by atoms with Gasteiger partial charge in [0, 0.05) is 35.4 Å². The van der Waals surface area contributed by atoms with Gasteiger partial charge < -0.3 is 25.7 Å². The predicted molar refractivity (Wildman–Crippen MR) is 155 cm³/mol. The molecule has 0 spiro atoms. The SMILES string of the molecule is C[C@H]1CC(C(=O)c2ccc(-c3ccc4[nH]ccc4c3)c(OCCCN3C(=O)CNC3=O)c2)Nc2ccccc2N1. The van der Waals surface area contributed by atoms with Crippen LogP contribution in [-0.4, -0.2) is 59.4 Å². The second kappa shape index (κ2) is 10.8. The number of amides is 3. The molecule has 204 valence electrons. The van der Waals surface area contributed by atoms with Crippen LogP contribution in [-0.2, 0) is 4.79 Å². The highest BCUT2D eigenvalue weighted by Crippen LogP contribution is 2.34. The monoisotopic (exact) mass is 537 g/mol. The molecule has 3 amide bonds. The van der Waals surface area contributed by atoms with Gasteiger partial charge >= 0.3 is 6.03 Å². The summed E-state index contributed by atoms with van der Waals surface area (Å²) >= 11 is 0. The summed E-state index contributed by atoms with van der Waals surface area (Å²) in [6.45, 7) is 2.65. The van der Waals surface area contributed by atoms with E-state index in [1.165, 1.54) is 4.90 Å². The van der Waals surface area contributed by atoms with Crippen molar-refractivity contribution in [3.05, 3.63) is 78.5 Å². The molecule has 0 bridgehead atoms. The lowest BCUT2D eigenvalue weighted by Crippen LogP contribution is -2.32. The third-order valence-electron chi connectivity index (χ3n) is 7.42. The average molecular weight is 538 g/mol. The van der Waals surface area contributed by atoms with Crippen LogP contribution in [0.2, 0.25) is 0 Å².